The van der Waals surface area contributed by atoms with Crippen molar-refractivity contribution in [3.05, 3.63) is 97.8 Å². The summed E-state index contributed by atoms with van der Waals surface area (Å²) in [6.45, 7) is 58.5. The summed E-state index contributed by atoms with van der Waals surface area (Å²) >= 11 is 1.78. The molecule has 0 radical (unpaired) electrons. The summed E-state index contributed by atoms with van der Waals surface area (Å²) < 4.78 is 5.24. The van der Waals surface area contributed by atoms with Gasteiger partial charge in [-0.25, -0.2) is 10.9 Å². The number of thiophene rings is 1. The van der Waals surface area contributed by atoms with Crippen LogP contribution in [0.25, 0.3) is 0 Å². The van der Waals surface area contributed by atoms with Crippen LogP contribution in [-0.2, 0) is 4.74 Å². The van der Waals surface area contributed by atoms with Gasteiger partial charge in [0.15, 0.2) is 0 Å². The first-order valence-corrected chi connectivity index (χ1v) is 38.2. The normalized spacial score (nSPS) is 16.0. The third-order valence-corrected chi connectivity index (χ3v) is 16.7. The second-order valence-corrected chi connectivity index (χ2v) is 25.5. The number of nitrogens with zero attached hydrogens (tertiary/aromatic N) is 14. The van der Waals surface area contributed by atoms with Gasteiger partial charge < -0.3 is 50.1 Å². The molecule has 7 aliphatic heterocycles. The number of hydrogen-bond acceptors (Lipinski definition) is 19. The number of hydrogen-bond donors (Lipinski definition) is 5. The number of piperidine rings is 2. The number of likely N-dealkylation sites (N-methyl/N-ethyl adjacent to an activating group) is 2. The summed E-state index contributed by atoms with van der Waals surface area (Å²) in [6, 6.07) is 14.4. The molecule has 5 N–H and O–H groups in total. The number of unbranched alkanes of at least 4 members (excludes halogenated alkanes) is 5. The highest BCUT2D eigenvalue weighted by molar-refractivity contribution is 7.09. The van der Waals surface area contributed by atoms with E-state index in [1.807, 2.05) is 108 Å². The maximum Gasteiger partial charge on any atom is 0.211 e. The highest BCUT2D eigenvalue weighted by atomic mass is 32.1. The number of rotatable bonds is 19. The quantitative estimate of drug-likeness (QED) is 0.0295. The first kappa shape index (κ1) is 99.0. The highest BCUT2D eigenvalue weighted by Gasteiger charge is 2.16. The molecule has 0 bridgehead atoms. The number of aliphatic imine (C=N–C) groups is 4. The van der Waals surface area contributed by atoms with Crippen molar-refractivity contribution in [1.29, 1.82) is 5.26 Å². The molecule has 568 valence electrons. The standard InChI is InChI=1S/C9H18N4.2C9H19N.C8H17NO.C8H17N.C7H8.C6H14N4.C5H12N4.C5H11N3.C5H6S.3C2H4/c1-5-6-7-13(4)9(11-8-10)12(2)3;2*1-2-3-7-10-8-5-4-6-9-10;1-2-3-4-9-5-7-10-8-6-9;1-2-3-6-9-7-4-5-8-9;1-7-5-3-2-4-6-7;1-7-10(3)6-8-4-5-9(6)2;1-6-9(2)5-7-3-4-8-5;1-6-4-5-7-2-3-8-5;1-5-3-2-4-6-5;3*1-2/h5-7H2,1-4H3;2*2-9H2,1H3;2-8H2,1H3;2-8H2,1H3;2-6H,1H3;7H,4-5H2,1-3H3;6H,3-4H2,1-2H3,(H,7,8);6H,2-4H2,1H3,(H,7,8);2-4H,1H3;3*1-2H2. The number of ether oxygens (including phenoxy) is 1. The molecule has 8 heterocycles. The molecule has 0 atom stereocenters. The van der Waals surface area contributed by atoms with Crippen LogP contribution in [0.1, 0.15) is 161 Å². The number of hydrazine groups is 2. The van der Waals surface area contributed by atoms with E-state index in [0.717, 1.165) is 115 Å². The summed E-state index contributed by atoms with van der Waals surface area (Å²) in [5.41, 5.74) is 7.27. The van der Waals surface area contributed by atoms with E-state index in [9.17, 15) is 0 Å². The Balaban J connectivity index is -0.000000498. The van der Waals surface area contributed by atoms with E-state index >= 15 is 0 Å². The van der Waals surface area contributed by atoms with E-state index in [1.54, 1.807) is 11.3 Å². The van der Waals surface area contributed by atoms with Crippen LogP contribution in [0, 0.1) is 25.3 Å². The van der Waals surface area contributed by atoms with Gasteiger partial charge in [0, 0.05) is 101 Å². The molecule has 0 unspecified atom stereocenters. The lowest BCUT2D eigenvalue weighted by molar-refractivity contribution is 0.0373. The van der Waals surface area contributed by atoms with E-state index in [4.69, 9.17) is 10.00 Å². The number of morpholine rings is 1. The van der Waals surface area contributed by atoms with Crippen molar-refractivity contribution in [3.63, 3.8) is 0 Å². The fourth-order valence-corrected chi connectivity index (χ4v) is 10.6. The first-order chi connectivity index (χ1) is 47.7. The van der Waals surface area contributed by atoms with Crippen LogP contribution in [0.4, 0.5) is 0 Å². The lowest BCUT2D eigenvalue weighted by atomic mass is 10.1. The predicted molar refractivity (Wildman–Crippen MR) is 435 cm³/mol. The van der Waals surface area contributed by atoms with Gasteiger partial charge in [-0.1, -0.05) is 122 Å². The Morgan fingerprint density at radius 3 is 1.34 bits per heavy atom. The van der Waals surface area contributed by atoms with Crippen molar-refractivity contribution >= 4 is 35.1 Å². The maximum atomic E-state index is 8.47. The summed E-state index contributed by atoms with van der Waals surface area (Å²) in [4.78, 5) is 34.0. The monoisotopic (exact) mass is 1390 g/mol. The van der Waals surface area contributed by atoms with Crippen LogP contribution >= 0.6 is 11.3 Å². The van der Waals surface area contributed by atoms with Crippen molar-refractivity contribution in [2.45, 2.75) is 164 Å². The second kappa shape index (κ2) is 75.8. The first-order valence-electron chi connectivity index (χ1n) is 37.3. The smallest absolute Gasteiger partial charge is 0.211 e. The molecule has 0 saturated carbocycles. The van der Waals surface area contributed by atoms with Crippen LogP contribution in [0.2, 0.25) is 0 Å². The maximum absolute atomic E-state index is 8.47. The minimum Gasteiger partial charge on any atom is -0.379 e. The zero-order chi connectivity index (χ0) is 74.1. The molecule has 4 fully saturated rings. The largest absolute Gasteiger partial charge is 0.379 e. The number of likely N-dealkylation sites (tertiary alicyclic amines) is 3. The SMILES string of the molecule is C=C.C=C.C=C.CCCCN(C)C(=NC#N)N(C)C.CCCCN1CCCC1.CCCCN1CCCCC1.CCCCN1CCCCC1.CCCCN1CCOCC1.CNCC1=NCCN1.CNN(C)C1=NCCN1.CNN(C)C1=NCCN1C.Cc1ccccc1.Cc1cccs1. The Hall–Kier alpha value is -5.41. The molecule has 0 spiro atoms. The van der Waals surface area contributed by atoms with Crippen LogP contribution in [0.3, 0.4) is 0 Å². The molecule has 1 aromatic heterocycles. The van der Waals surface area contributed by atoms with Gasteiger partial charge in [0.25, 0.3) is 0 Å². The zero-order valence-corrected chi connectivity index (χ0v) is 67.0. The minimum absolute atomic E-state index is 0.718. The molecule has 9 rings (SSSR count). The van der Waals surface area contributed by atoms with Gasteiger partial charge in [-0.3, -0.25) is 29.9 Å². The van der Waals surface area contributed by atoms with E-state index < -0.39 is 0 Å². The number of guanidine groups is 3. The summed E-state index contributed by atoms with van der Waals surface area (Å²) in [5.74, 6) is 3.75. The van der Waals surface area contributed by atoms with Crippen LogP contribution in [-0.4, -0.2) is 276 Å². The van der Waals surface area contributed by atoms with Gasteiger partial charge in [0.2, 0.25) is 24.1 Å². The molecule has 4 saturated heterocycles. The molecule has 0 amide bonds. The molecule has 2 aromatic rings. The lowest BCUT2D eigenvalue weighted by Gasteiger charge is -2.26. The molecule has 1 aromatic carbocycles. The second-order valence-electron chi connectivity index (χ2n) is 24.4. The minimum atomic E-state index is 0.718. The summed E-state index contributed by atoms with van der Waals surface area (Å²) in [5, 5.41) is 23.6. The fourth-order valence-electron chi connectivity index (χ4n) is 10.1. The third-order valence-electron chi connectivity index (χ3n) is 15.9. The van der Waals surface area contributed by atoms with Crippen molar-refractivity contribution in [2.24, 2.45) is 20.0 Å². The average Bonchev–Trinajstić information content (AvgIpc) is 1.81. The summed E-state index contributed by atoms with van der Waals surface area (Å²) in [6.07, 6.45) is 26.4. The third kappa shape index (κ3) is 59.5. The van der Waals surface area contributed by atoms with E-state index in [1.165, 1.54) is 179 Å². The van der Waals surface area contributed by atoms with Crippen LogP contribution in [0.5, 0.6) is 0 Å². The van der Waals surface area contributed by atoms with Gasteiger partial charge in [0.1, 0.15) is 5.84 Å². The Bertz CT molecular complexity index is 2060. The Morgan fingerprint density at radius 1 is 0.571 bits per heavy atom. The van der Waals surface area contributed by atoms with Crippen molar-refractivity contribution in [3.8, 4) is 6.19 Å². The van der Waals surface area contributed by atoms with Gasteiger partial charge in [-0.2, -0.15) is 5.26 Å². The predicted octanol–water partition coefficient (Wildman–Crippen LogP) is 12.7. The molecular formula is C77H153N19OS. The molecule has 98 heavy (non-hydrogen) atoms. The van der Waals surface area contributed by atoms with Crippen molar-refractivity contribution in [1.82, 2.24) is 71.1 Å². The Labute approximate surface area is 608 Å². The van der Waals surface area contributed by atoms with Crippen LogP contribution < -0.4 is 26.8 Å². The molecule has 0 aliphatic carbocycles. The van der Waals surface area contributed by atoms with E-state index in [2.05, 4.69) is 189 Å². The van der Waals surface area contributed by atoms with Gasteiger partial charge in [-0.05, 0) is 168 Å². The number of nitriles is 1. The number of aryl methyl sites for hydroxylation is 2. The van der Waals surface area contributed by atoms with E-state index in [0.29, 0.717) is 0 Å². The number of nitrogens with one attached hydrogen (secondary N) is 5. The number of benzene rings is 1. The summed E-state index contributed by atoms with van der Waals surface area (Å²) in [7, 11) is 17.3. The average molecular weight is 1390 g/mol. The molecule has 7 aliphatic rings. The van der Waals surface area contributed by atoms with Crippen molar-refractivity contribution in [2.75, 3.05) is 208 Å². The van der Waals surface area contributed by atoms with Crippen molar-refractivity contribution < 1.29 is 4.74 Å². The Kier molecular flexibility index (Phi) is 76.5. The fraction of sp³-hybridized carbons (Fsp3) is 0.727. The molecule has 21 heteroatoms. The molecule has 20 nitrogen and oxygen atoms in total. The van der Waals surface area contributed by atoms with Crippen LogP contribution in [0.15, 0.2) is 107 Å². The van der Waals surface area contributed by atoms with Gasteiger partial charge >= 0.3 is 0 Å². The Morgan fingerprint density at radius 2 is 1.02 bits per heavy atom. The topological polar surface area (TPSA) is 172 Å². The molecular weight excluding hydrogens is 1240 g/mol. The highest BCUT2D eigenvalue weighted by Crippen LogP contribution is 2.11. The van der Waals surface area contributed by atoms with Gasteiger partial charge in [-0.15, -0.1) is 55.8 Å². The zero-order valence-electron chi connectivity index (χ0n) is 66.2. The van der Waals surface area contributed by atoms with Gasteiger partial charge in [0.05, 0.1) is 39.4 Å². The number of amidine groups is 1. The van der Waals surface area contributed by atoms with E-state index in [-0.39, 0.29) is 0 Å². The lowest BCUT2D eigenvalue weighted by Crippen LogP contribution is -2.43.